The summed E-state index contributed by atoms with van der Waals surface area (Å²) in [5.41, 5.74) is 2.33. The Morgan fingerprint density at radius 3 is 2.60 bits per heavy atom. The Morgan fingerprint density at radius 1 is 1.16 bits per heavy atom. The highest BCUT2D eigenvalue weighted by Crippen LogP contribution is 2.29. The minimum Gasteiger partial charge on any atom is -0.298 e. The highest BCUT2D eigenvalue weighted by molar-refractivity contribution is 7.90. The van der Waals surface area contributed by atoms with Gasteiger partial charge in [-0.3, -0.25) is 10.1 Å². The van der Waals surface area contributed by atoms with Crippen molar-refractivity contribution in [2.24, 2.45) is 0 Å². The number of rotatable bonds is 4. The molecule has 0 aliphatic heterocycles. The smallest absolute Gasteiger partial charge is 0.257 e. The number of sulfone groups is 1. The number of hydrogen-bond donors (Lipinski definition) is 1. The largest absolute Gasteiger partial charge is 0.298 e. The maximum atomic E-state index is 12.4. The molecule has 1 aromatic heterocycles. The van der Waals surface area contributed by atoms with E-state index >= 15 is 0 Å². The number of anilines is 1. The highest BCUT2D eigenvalue weighted by atomic mass is 32.2. The van der Waals surface area contributed by atoms with E-state index in [1.807, 2.05) is 12.1 Å². The molecule has 25 heavy (non-hydrogen) atoms. The number of aromatic nitrogens is 1. The molecule has 0 spiro atoms. The van der Waals surface area contributed by atoms with Gasteiger partial charge < -0.3 is 0 Å². The molecule has 5 nitrogen and oxygen atoms in total. The summed E-state index contributed by atoms with van der Waals surface area (Å²) in [6, 6.07) is 12.0. The van der Waals surface area contributed by atoms with Crippen molar-refractivity contribution in [3.8, 4) is 0 Å². The van der Waals surface area contributed by atoms with E-state index in [2.05, 4.69) is 30.2 Å². The number of carbonyl (C=O) groups excluding carboxylic acids is 1. The molecule has 0 unspecified atom stereocenters. The van der Waals surface area contributed by atoms with Crippen LogP contribution in [-0.2, 0) is 9.84 Å². The van der Waals surface area contributed by atoms with Gasteiger partial charge >= 0.3 is 0 Å². The Labute approximate surface area is 150 Å². The predicted molar refractivity (Wildman–Crippen MR) is 101 cm³/mol. The van der Waals surface area contributed by atoms with Crippen LogP contribution in [0.1, 0.15) is 35.7 Å². The maximum absolute atomic E-state index is 12.4. The molecule has 0 saturated heterocycles. The van der Waals surface area contributed by atoms with E-state index in [4.69, 9.17) is 0 Å². The van der Waals surface area contributed by atoms with Crippen molar-refractivity contribution in [3.63, 3.8) is 0 Å². The Balaban J connectivity index is 1.87. The molecule has 0 aliphatic carbocycles. The Bertz CT molecular complexity index is 1050. The Hall–Kier alpha value is -2.25. The van der Waals surface area contributed by atoms with Crippen molar-refractivity contribution in [1.29, 1.82) is 0 Å². The zero-order valence-corrected chi connectivity index (χ0v) is 15.7. The number of amides is 1. The van der Waals surface area contributed by atoms with E-state index < -0.39 is 9.84 Å². The lowest BCUT2D eigenvalue weighted by atomic mass is 10.0. The van der Waals surface area contributed by atoms with Gasteiger partial charge in [0, 0.05) is 11.8 Å². The summed E-state index contributed by atoms with van der Waals surface area (Å²) >= 11 is 1.40. The third-order valence-electron chi connectivity index (χ3n) is 3.82. The van der Waals surface area contributed by atoms with Crippen molar-refractivity contribution in [1.82, 2.24) is 4.98 Å². The normalized spacial score (nSPS) is 11.8. The SMILES string of the molecule is CC(C)c1ccc2nc(NC(=O)c3cccc(S(C)(=O)=O)c3)sc2c1. The molecule has 2 aromatic carbocycles. The molecule has 1 amide bonds. The number of fused-ring (bicyclic) bond motifs is 1. The van der Waals surface area contributed by atoms with E-state index in [9.17, 15) is 13.2 Å². The van der Waals surface area contributed by atoms with Crippen LogP contribution < -0.4 is 5.32 Å². The number of benzene rings is 2. The fourth-order valence-corrected chi connectivity index (χ4v) is 3.97. The summed E-state index contributed by atoms with van der Waals surface area (Å²) in [7, 11) is -3.36. The van der Waals surface area contributed by atoms with E-state index in [0.717, 1.165) is 16.5 Å². The van der Waals surface area contributed by atoms with Crippen LogP contribution in [0.25, 0.3) is 10.2 Å². The average molecular weight is 374 g/mol. The first-order valence-corrected chi connectivity index (χ1v) is 10.5. The van der Waals surface area contributed by atoms with Crippen LogP contribution in [0.5, 0.6) is 0 Å². The first kappa shape index (κ1) is 17.6. The van der Waals surface area contributed by atoms with Gasteiger partial charge in [0.25, 0.3) is 5.91 Å². The molecule has 0 fully saturated rings. The molecule has 3 aromatic rings. The zero-order valence-electron chi connectivity index (χ0n) is 14.1. The molecule has 1 N–H and O–H groups in total. The molecule has 1 heterocycles. The number of nitrogens with one attached hydrogen (secondary N) is 1. The molecule has 0 aliphatic rings. The first-order chi connectivity index (χ1) is 11.7. The third kappa shape index (κ3) is 3.88. The second-order valence-corrected chi connectivity index (χ2v) is 9.20. The highest BCUT2D eigenvalue weighted by Gasteiger charge is 2.14. The van der Waals surface area contributed by atoms with E-state index in [0.29, 0.717) is 11.0 Å². The third-order valence-corrected chi connectivity index (χ3v) is 5.87. The zero-order chi connectivity index (χ0) is 18.2. The number of thiazole rings is 1. The van der Waals surface area contributed by atoms with Crippen molar-refractivity contribution < 1.29 is 13.2 Å². The van der Waals surface area contributed by atoms with Gasteiger partial charge in [-0.25, -0.2) is 13.4 Å². The minimum absolute atomic E-state index is 0.117. The topological polar surface area (TPSA) is 76.1 Å². The Kier molecular flexibility index (Phi) is 4.62. The molecule has 3 rings (SSSR count). The van der Waals surface area contributed by atoms with Gasteiger partial charge in [-0.2, -0.15) is 0 Å². The summed E-state index contributed by atoms with van der Waals surface area (Å²) in [5, 5.41) is 3.24. The summed E-state index contributed by atoms with van der Waals surface area (Å²) in [6.45, 7) is 4.25. The quantitative estimate of drug-likeness (QED) is 0.747. The maximum Gasteiger partial charge on any atom is 0.257 e. The van der Waals surface area contributed by atoms with Gasteiger partial charge in [0.05, 0.1) is 15.1 Å². The lowest BCUT2D eigenvalue weighted by Gasteiger charge is -2.03. The summed E-state index contributed by atoms with van der Waals surface area (Å²) < 4.78 is 24.3. The van der Waals surface area contributed by atoms with E-state index in [1.54, 1.807) is 12.1 Å². The predicted octanol–water partition coefficient (Wildman–Crippen LogP) is 4.08. The van der Waals surface area contributed by atoms with Crippen molar-refractivity contribution in [3.05, 3.63) is 53.6 Å². The fraction of sp³-hybridized carbons (Fsp3) is 0.222. The second kappa shape index (κ2) is 6.57. The van der Waals surface area contributed by atoms with E-state index in [-0.39, 0.29) is 16.4 Å². The fourth-order valence-electron chi connectivity index (χ4n) is 2.39. The molecule has 0 atom stereocenters. The first-order valence-electron chi connectivity index (χ1n) is 7.76. The molecule has 7 heteroatoms. The minimum atomic E-state index is -3.36. The standard InChI is InChI=1S/C18H18N2O3S2/c1-11(2)12-7-8-15-16(10-12)24-18(19-15)20-17(21)13-5-4-6-14(9-13)25(3,22)23/h4-11H,1-3H3,(H,19,20,21). The second-order valence-electron chi connectivity index (χ2n) is 6.16. The van der Waals surface area contributed by atoms with Crippen LogP contribution in [0.2, 0.25) is 0 Å². The van der Waals surface area contributed by atoms with Crippen LogP contribution >= 0.6 is 11.3 Å². The summed E-state index contributed by atoms with van der Waals surface area (Å²) in [6.07, 6.45) is 1.11. The van der Waals surface area contributed by atoms with Gasteiger partial charge in [-0.1, -0.05) is 37.3 Å². The van der Waals surface area contributed by atoms with Crippen LogP contribution in [-0.4, -0.2) is 25.6 Å². The number of nitrogens with zero attached hydrogens (tertiary/aromatic N) is 1. The van der Waals surface area contributed by atoms with Crippen LogP contribution in [0, 0.1) is 0 Å². The summed E-state index contributed by atoms with van der Waals surface area (Å²) in [5.74, 6) is 0.0388. The van der Waals surface area contributed by atoms with Gasteiger partial charge in [0.2, 0.25) is 0 Å². The lowest BCUT2D eigenvalue weighted by molar-refractivity contribution is 0.102. The van der Waals surface area contributed by atoms with Crippen LogP contribution in [0.15, 0.2) is 47.4 Å². The van der Waals surface area contributed by atoms with Crippen molar-refractivity contribution in [2.75, 3.05) is 11.6 Å². The summed E-state index contributed by atoms with van der Waals surface area (Å²) in [4.78, 5) is 16.9. The van der Waals surface area contributed by atoms with Crippen LogP contribution in [0.3, 0.4) is 0 Å². The molecular formula is C18H18N2O3S2. The Morgan fingerprint density at radius 2 is 1.92 bits per heavy atom. The molecule has 0 saturated carbocycles. The molecular weight excluding hydrogens is 356 g/mol. The molecule has 0 radical (unpaired) electrons. The van der Waals surface area contributed by atoms with Gasteiger partial charge in [0.1, 0.15) is 0 Å². The van der Waals surface area contributed by atoms with Gasteiger partial charge in [-0.15, -0.1) is 0 Å². The van der Waals surface area contributed by atoms with Gasteiger partial charge in [-0.05, 0) is 41.8 Å². The monoisotopic (exact) mass is 374 g/mol. The molecule has 0 bridgehead atoms. The number of carbonyl (C=O) groups is 1. The average Bonchev–Trinajstić information content (AvgIpc) is 2.95. The van der Waals surface area contributed by atoms with Crippen LogP contribution in [0.4, 0.5) is 5.13 Å². The molecule has 130 valence electrons. The van der Waals surface area contributed by atoms with E-state index in [1.165, 1.54) is 29.0 Å². The van der Waals surface area contributed by atoms with Crippen molar-refractivity contribution >= 4 is 42.4 Å². The number of hydrogen-bond acceptors (Lipinski definition) is 5. The van der Waals surface area contributed by atoms with Gasteiger partial charge in [0.15, 0.2) is 15.0 Å². The van der Waals surface area contributed by atoms with Crippen molar-refractivity contribution in [2.45, 2.75) is 24.7 Å². The lowest BCUT2D eigenvalue weighted by Crippen LogP contribution is -2.12.